The highest BCUT2D eigenvalue weighted by atomic mass is 16.5. The Kier molecular flexibility index (Phi) is 7.64. The SMILES string of the molecule is COc1ccc(/C(CN2CCN(C/C(=N\O)c3ccc(OC)cc3)CC2)=N/O)cc1. The van der Waals surface area contributed by atoms with Gasteiger partial charge in [0.15, 0.2) is 0 Å². The number of piperazine rings is 1. The Bertz CT molecular complexity index is 784. The average molecular weight is 412 g/mol. The maximum absolute atomic E-state index is 9.47. The summed E-state index contributed by atoms with van der Waals surface area (Å²) in [7, 11) is 3.24. The molecule has 1 saturated heterocycles. The Hall–Kier alpha value is -3.10. The van der Waals surface area contributed by atoms with Crippen LogP contribution in [-0.2, 0) is 0 Å². The van der Waals surface area contributed by atoms with Crippen molar-refractivity contribution < 1.29 is 19.9 Å². The van der Waals surface area contributed by atoms with Crippen LogP contribution in [0.25, 0.3) is 0 Å². The zero-order valence-corrected chi connectivity index (χ0v) is 17.4. The molecule has 0 amide bonds. The van der Waals surface area contributed by atoms with Crippen molar-refractivity contribution in [2.45, 2.75) is 0 Å². The molecule has 0 aliphatic carbocycles. The van der Waals surface area contributed by atoms with Crippen molar-refractivity contribution in [2.24, 2.45) is 10.3 Å². The smallest absolute Gasteiger partial charge is 0.118 e. The van der Waals surface area contributed by atoms with E-state index in [0.29, 0.717) is 24.5 Å². The van der Waals surface area contributed by atoms with Gasteiger partial charge >= 0.3 is 0 Å². The first-order valence-electron chi connectivity index (χ1n) is 9.82. The van der Waals surface area contributed by atoms with Crippen LogP contribution in [0, 0.1) is 0 Å². The topological polar surface area (TPSA) is 90.1 Å². The van der Waals surface area contributed by atoms with E-state index in [1.54, 1.807) is 14.2 Å². The molecule has 0 spiro atoms. The zero-order chi connectivity index (χ0) is 21.3. The van der Waals surface area contributed by atoms with Crippen LogP contribution in [0.2, 0.25) is 0 Å². The van der Waals surface area contributed by atoms with Crippen LogP contribution in [0.4, 0.5) is 0 Å². The summed E-state index contributed by atoms with van der Waals surface area (Å²) in [5.41, 5.74) is 2.99. The molecule has 8 nitrogen and oxygen atoms in total. The van der Waals surface area contributed by atoms with Gasteiger partial charge in [-0.05, 0) is 48.5 Å². The number of methoxy groups -OCH3 is 2. The van der Waals surface area contributed by atoms with E-state index in [2.05, 4.69) is 20.1 Å². The zero-order valence-electron chi connectivity index (χ0n) is 17.4. The summed E-state index contributed by atoms with van der Waals surface area (Å²) >= 11 is 0. The maximum Gasteiger partial charge on any atom is 0.118 e. The van der Waals surface area contributed by atoms with Crippen LogP contribution >= 0.6 is 0 Å². The normalized spacial score (nSPS) is 16.5. The predicted molar refractivity (Wildman–Crippen MR) is 116 cm³/mol. The van der Waals surface area contributed by atoms with Crippen molar-refractivity contribution in [3.63, 3.8) is 0 Å². The molecular formula is C22H28N4O4. The molecule has 0 atom stereocenters. The monoisotopic (exact) mass is 412 g/mol. The number of hydrogen-bond donors (Lipinski definition) is 2. The summed E-state index contributed by atoms with van der Waals surface area (Å²) in [6, 6.07) is 15.0. The fraction of sp³-hybridized carbons (Fsp3) is 0.364. The summed E-state index contributed by atoms with van der Waals surface area (Å²) in [5.74, 6) is 1.53. The van der Waals surface area contributed by atoms with E-state index in [1.165, 1.54) is 0 Å². The largest absolute Gasteiger partial charge is 0.497 e. The summed E-state index contributed by atoms with van der Waals surface area (Å²) in [6.07, 6.45) is 0. The number of nitrogens with zero attached hydrogens (tertiary/aromatic N) is 4. The third-order valence-electron chi connectivity index (χ3n) is 5.30. The number of benzene rings is 2. The van der Waals surface area contributed by atoms with Crippen LogP contribution in [0.5, 0.6) is 11.5 Å². The van der Waals surface area contributed by atoms with Crippen molar-refractivity contribution in [1.29, 1.82) is 0 Å². The second kappa shape index (κ2) is 10.6. The molecule has 3 rings (SSSR count). The quantitative estimate of drug-likeness (QED) is 0.393. The lowest BCUT2D eigenvalue weighted by molar-refractivity contribution is 0.159. The van der Waals surface area contributed by atoms with Gasteiger partial charge in [0.25, 0.3) is 0 Å². The maximum atomic E-state index is 9.47. The Balaban J connectivity index is 1.53. The molecule has 160 valence electrons. The first-order valence-corrected chi connectivity index (χ1v) is 9.82. The lowest BCUT2D eigenvalue weighted by Crippen LogP contribution is -2.49. The lowest BCUT2D eigenvalue weighted by Gasteiger charge is -2.34. The molecule has 1 aliphatic rings. The van der Waals surface area contributed by atoms with Crippen LogP contribution in [0.3, 0.4) is 0 Å². The van der Waals surface area contributed by atoms with Crippen LogP contribution in [0.1, 0.15) is 11.1 Å². The van der Waals surface area contributed by atoms with Gasteiger partial charge in [0.05, 0.1) is 14.2 Å². The molecule has 1 fully saturated rings. The third kappa shape index (κ3) is 5.49. The van der Waals surface area contributed by atoms with Gasteiger partial charge in [-0.25, -0.2) is 0 Å². The fourth-order valence-corrected chi connectivity index (χ4v) is 3.46. The van der Waals surface area contributed by atoms with Crippen LogP contribution in [0.15, 0.2) is 58.8 Å². The van der Waals surface area contributed by atoms with E-state index in [9.17, 15) is 10.4 Å². The van der Waals surface area contributed by atoms with Crippen molar-refractivity contribution in [2.75, 3.05) is 53.5 Å². The molecular weight excluding hydrogens is 384 g/mol. The van der Waals surface area contributed by atoms with Gasteiger partial charge in [-0.1, -0.05) is 10.3 Å². The molecule has 0 aromatic heterocycles. The second-order valence-corrected chi connectivity index (χ2v) is 7.10. The molecule has 8 heteroatoms. The van der Waals surface area contributed by atoms with E-state index in [-0.39, 0.29) is 0 Å². The van der Waals surface area contributed by atoms with E-state index >= 15 is 0 Å². The van der Waals surface area contributed by atoms with Gasteiger partial charge in [0.2, 0.25) is 0 Å². The number of rotatable bonds is 8. The highest BCUT2D eigenvalue weighted by Crippen LogP contribution is 2.15. The molecule has 0 saturated carbocycles. The van der Waals surface area contributed by atoms with Gasteiger partial charge in [-0.3, -0.25) is 9.80 Å². The molecule has 2 N–H and O–H groups in total. The van der Waals surface area contributed by atoms with Gasteiger partial charge in [-0.2, -0.15) is 0 Å². The van der Waals surface area contributed by atoms with E-state index in [0.717, 1.165) is 48.8 Å². The summed E-state index contributed by atoms with van der Waals surface area (Å²) in [5, 5.41) is 25.9. The van der Waals surface area contributed by atoms with Gasteiger partial charge < -0.3 is 19.9 Å². The molecule has 0 bridgehead atoms. The summed E-state index contributed by atoms with van der Waals surface area (Å²) in [6.45, 7) is 4.45. The molecule has 1 heterocycles. The van der Waals surface area contributed by atoms with Crippen molar-refractivity contribution in [3.05, 3.63) is 59.7 Å². The molecule has 2 aromatic carbocycles. The summed E-state index contributed by atoms with van der Waals surface area (Å²) in [4.78, 5) is 4.50. The Morgan fingerprint density at radius 1 is 0.700 bits per heavy atom. The van der Waals surface area contributed by atoms with Crippen LogP contribution < -0.4 is 9.47 Å². The number of hydrogen-bond acceptors (Lipinski definition) is 8. The Morgan fingerprint density at radius 2 is 1.03 bits per heavy atom. The molecule has 0 radical (unpaired) electrons. The number of oxime groups is 2. The number of ether oxygens (including phenoxy) is 2. The van der Waals surface area contributed by atoms with Crippen molar-refractivity contribution in [3.8, 4) is 11.5 Å². The second-order valence-electron chi connectivity index (χ2n) is 7.10. The molecule has 30 heavy (non-hydrogen) atoms. The fourth-order valence-electron chi connectivity index (χ4n) is 3.46. The van der Waals surface area contributed by atoms with Gasteiger partial charge in [0.1, 0.15) is 22.9 Å². The van der Waals surface area contributed by atoms with E-state index < -0.39 is 0 Å². The van der Waals surface area contributed by atoms with Crippen LogP contribution in [-0.4, -0.2) is 85.1 Å². The standard InChI is InChI=1S/C22H28N4O4/c1-29-19-7-3-17(4-8-19)21(23-27)15-25-11-13-26(14-12-25)16-22(24-28)18-5-9-20(30-2)10-6-18/h3-10,27-28H,11-16H2,1-2H3/b23-21+,24-22+. The first-order chi connectivity index (χ1) is 14.7. The van der Waals surface area contributed by atoms with Gasteiger partial charge in [0, 0.05) is 50.4 Å². The highest BCUT2D eigenvalue weighted by molar-refractivity contribution is 6.02. The summed E-state index contributed by atoms with van der Waals surface area (Å²) < 4.78 is 10.4. The average Bonchev–Trinajstić information content (AvgIpc) is 2.82. The van der Waals surface area contributed by atoms with E-state index in [4.69, 9.17) is 9.47 Å². The van der Waals surface area contributed by atoms with Crippen molar-refractivity contribution in [1.82, 2.24) is 9.80 Å². The van der Waals surface area contributed by atoms with E-state index in [1.807, 2.05) is 48.5 Å². The lowest BCUT2D eigenvalue weighted by atomic mass is 10.1. The Morgan fingerprint density at radius 3 is 1.30 bits per heavy atom. The molecule has 0 unspecified atom stereocenters. The minimum atomic E-state index is 0.566. The highest BCUT2D eigenvalue weighted by Gasteiger charge is 2.21. The van der Waals surface area contributed by atoms with Crippen molar-refractivity contribution >= 4 is 11.4 Å². The first kappa shape index (κ1) is 21.6. The third-order valence-corrected chi connectivity index (χ3v) is 5.30. The van der Waals surface area contributed by atoms with Gasteiger partial charge in [-0.15, -0.1) is 0 Å². The Labute approximate surface area is 176 Å². The molecule has 2 aromatic rings. The predicted octanol–water partition coefficient (Wildman–Crippen LogP) is 2.38. The molecule has 1 aliphatic heterocycles. The minimum Gasteiger partial charge on any atom is -0.497 e. The minimum absolute atomic E-state index is 0.566.